The topological polar surface area (TPSA) is 71.8 Å². The minimum absolute atomic E-state index is 0.196. The van der Waals surface area contributed by atoms with Gasteiger partial charge >= 0.3 is 0 Å². The van der Waals surface area contributed by atoms with Crippen LogP contribution in [0.5, 0.6) is 0 Å². The Morgan fingerprint density at radius 1 is 1.43 bits per heavy atom. The summed E-state index contributed by atoms with van der Waals surface area (Å²) in [4.78, 5) is 20.3. The van der Waals surface area contributed by atoms with E-state index in [2.05, 4.69) is 20.6 Å². The molecule has 0 bridgehead atoms. The largest absolute Gasteiger partial charge is 0.338 e. The van der Waals surface area contributed by atoms with Gasteiger partial charge in [-0.25, -0.2) is 9.97 Å². The Kier molecular flexibility index (Phi) is 4.08. The summed E-state index contributed by atoms with van der Waals surface area (Å²) in [6, 6.07) is 3.40. The molecular formula is C15H16ClN5OS. The quantitative estimate of drug-likeness (QED) is 0.825. The fourth-order valence-electron chi connectivity index (χ4n) is 2.87. The van der Waals surface area contributed by atoms with E-state index in [9.17, 15) is 4.79 Å². The lowest BCUT2D eigenvalue weighted by Gasteiger charge is -2.30. The van der Waals surface area contributed by atoms with Gasteiger partial charge in [-0.3, -0.25) is 4.79 Å². The van der Waals surface area contributed by atoms with E-state index >= 15 is 0 Å². The Hall–Kier alpha value is -1.99. The van der Waals surface area contributed by atoms with Gasteiger partial charge in [0.05, 0.1) is 10.7 Å². The Bertz CT molecular complexity index is 817. The number of anilines is 2. The van der Waals surface area contributed by atoms with Crippen molar-refractivity contribution in [1.82, 2.24) is 19.9 Å². The van der Waals surface area contributed by atoms with Gasteiger partial charge in [0, 0.05) is 6.20 Å². The van der Waals surface area contributed by atoms with Crippen molar-refractivity contribution < 1.29 is 4.79 Å². The zero-order chi connectivity index (χ0) is 16.6. The molecule has 120 valence electrons. The van der Waals surface area contributed by atoms with E-state index in [1.807, 2.05) is 18.4 Å². The van der Waals surface area contributed by atoms with E-state index in [1.54, 1.807) is 18.3 Å². The van der Waals surface area contributed by atoms with Gasteiger partial charge in [0.15, 0.2) is 0 Å². The molecule has 0 fully saturated rings. The van der Waals surface area contributed by atoms with E-state index in [0.717, 1.165) is 0 Å². The smallest absolute Gasteiger partial charge is 0.271 e. The van der Waals surface area contributed by atoms with E-state index in [-0.39, 0.29) is 5.91 Å². The molecule has 2 N–H and O–H groups in total. The molecule has 1 amide bonds. The molecule has 6 nitrogen and oxygen atoms in total. The summed E-state index contributed by atoms with van der Waals surface area (Å²) in [6.07, 6.45) is 4.50. The van der Waals surface area contributed by atoms with Crippen molar-refractivity contribution in [3.63, 3.8) is 0 Å². The number of amides is 1. The number of rotatable bonds is 4. The molecule has 2 aromatic rings. The van der Waals surface area contributed by atoms with Gasteiger partial charge in [0.25, 0.3) is 5.91 Å². The maximum absolute atomic E-state index is 12.3. The van der Waals surface area contributed by atoms with E-state index in [0.29, 0.717) is 39.7 Å². The lowest BCUT2D eigenvalue weighted by Crippen LogP contribution is -2.42. The molecular weight excluding hydrogens is 334 g/mol. The minimum atomic E-state index is -0.545. The van der Waals surface area contributed by atoms with Crippen LogP contribution < -0.4 is 10.6 Å². The highest BCUT2D eigenvalue weighted by molar-refractivity contribution is 7.71. The fourth-order valence-corrected chi connectivity index (χ4v) is 3.52. The summed E-state index contributed by atoms with van der Waals surface area (Å²) in [6.45, 7) is 4.03. The zero-order valence-corrected chi connectivity index (χ0v) is 14.3. The normalized spacial score (nSPS) is 15.2. The Labute approximate surface area is 143 Å². The lowest BCUT2D eigenvalue weighted by atomic mass is 10.0. The summed E-state index contributed by atoms with van der Waals surface area (Å²) in [5.41, 5.74) is 0.500. The van der Waals surface area contributed by atoms with Crippen molar-refractivity contribution in [1.29, 1.82) is 0 Å². The van der Waals surface area contributed by atoms with Crippen LogP contribution in [0.1, 0.15) is 37.2 Å². The molecule has 0 aromatic carbocycles. The van der Waals surface area contributed by atoms with E-state index in [1.165, 1.54) is 6.33 Å². The molecule has 8 heteroatoms. The lowest BCUT2D eigenvalue weighted by molar-refractivity contribution is 0.0911. The Balaban J connectivity index is 2.18. The maximum Gasteiger partial charge on any atom is 0.271 e. The van der Waals surface area contributed by atoms with Crippen LogP contribution in [0.15, 0.2) is 24.7 Å². The number of aromatic nitrogens is 3. The minimum Gasteiger partial charge on any atom is -0.338 e. The first-order valence-corrected chi connectivity index (χ1v) is 8.12. The van der Waals surface area contributed by atoms with Crippen LogP contribution in [-0.4, -0.2) is 20.4 Å². The molecule has 0 aliphatic carbocycles. The zero-order valence-electron chi connectivity index (χ0n) is 12.8. The Morgan fingerprint density at radius 3 is 2.78 bits per heavy atom. The van der Waals surface area contributed by atoms with Crippen molar-refractivity contribution in [2.75, 3.05) is 5.32 Å². The molecule has 0 radical (unpaired) electrons. The molecule has 23 heavy (non-hydrogen) atoms. The highest BCUT2D eigenvalue weighted by Crippen LogP contribution is 2.36. The number of halogens is 1. The number of nitrogens with one attached hydrogen (secondary N) is 2. The Morgan fingerprint density at radius 2 is 2.17 bits per heavy atom. The van der Waals surface area contributed by atoms with Gasteiger partial charge in [-0.15, -0.1) is 0 Å². The van der Waals surface area contributed by atoms with Crippen LogP contribution in [0, 0.1) is 4.64 Å². The van der Waals surface area contributed by atoms with Crippen LogP contribution >= 0.6 is 23.8 Å². The average molecular weight is 350 g/mol. The van der Waals surface area contributed by atoms with Gasteiger partial charge in [-0.05, 0) is 25.0 Å². The van der Waals surface area contributed by atoms with Crippen LogP contribution in [0.4, 0.5) is 11.5 Å². The van der Waals surface area contributed by atoms with Gasteiger partial charge < -0.3 is 15.2 Å². The summed E-state index contributed by atoms with van der Waals surface area (Å²) in [5.74, 6) is 0.414. The van der Waals surface area contributed by atoms with Crippen molar-refractivity contribution in [2.24, 2.45) is 0 Å². The number of hydrogen-bond donors (Lipinski definition) is 2. The van der Waals surface area contributed by atoms with Crippen LogP contribution in [0.2, 0.25) is 5.02 Å². The first-order valence-electron chi connectivity index (χ1n) is 7.34. The van der Waals surface area contributed by atoms with E-state index in [4.69, 9.17) is 23.8 Å². The molecule has 3 rings (SSSR count). The number of carbonyl (C=O) groups excluding carboxylic acids is 1. The summed E-state index contributed by atoms with van der Waals surface area (Å²) < 4.78 is 2.35. The number of hydrogen-bond acceptors (Lipinski definition) is 5. The second-order valence-corrected chi connectivity index (χ2v) is 6.10. The second kappa shape index (κ2) is 5.90. The predicted molar refractivity (Wildman–Crippen MR) is 91.6 cm³/mol. The van der Waals surface area contributed by atoms with Crippen molar-refractivity contribution in [3.8, 4) is 0 Å². The van der Waals surface area contributed by atoms with Crippen LogP contribution in [-0.2, 0) is 5.66 Å². The third-order valence-corrected chi connectivity index (χ3v) is 4.85. The number of nitrogens with zero attached hydrogens (tertiary/aromatic N) is 3. The third kappa shape index (κ3) is 2.49. The van der Waals surface area contributed by atoms with Gasteiger partial charge in [-0.1, -0.05) is 37.7 Å². The average Bonchev–Trinajstić information content (AvgIpc) is 2.87. The second-order valence-electron chi connectivity index (χ2n) is 5.31. The van der Waals surface area contributed by atoms with Crippen LogP contribution in [0.25, 0.3) is 0 Å². The fraction of sp³-hybridized carbons (Fsp3) is 0.333. The van der Waals surface area contributed by atoms with Crippen molar-refractivity contribution in [3.05, 3.63) is 40.0 Å². The highest BCUT2D eigenvalue weighted by Gasteiger charge is 2.41. The molecule has 0 unspecified atom stereocenters. The monoisotopic (exact) mass is 349 g/mol. The molecule has 0 saturated heterocycles. The molecule has 2 aromatic heterocycles. The van der Waals surface area contributed by atoms with Gasteiger partial charge in [0.2, 0.25) is 0 Å². The molecule has 1 aliphatic heterocycles. The molecule has 1 aliphatic rings. The van der Waals surface area contributed by atoms with Crippen molar-refractivity contribution in [2.45, 2.75) is 32.4 Å². The van der Waals surface area contributed by atoms with Gasteiger partial charge in [0.1, 0.15) is 28.1 Å². The summed E-state index contributed by atoms with van der Waals surface area (Å²) in [7, 11) is 0. The van der Waals surface area contributed by atoms with Crippen LogP contribution in [0.3, 0.4) is 0 Å². The number of carbonyl (C=O) groups is 1. The molecule has 0 saturated carbocycles. The van der Waals surface area contributed by atoms with Gasteiger partial charge in [-0.2, -0.15) is 0 Å². The third-order valence-electron chi connectivity index (χ3n) is 4.16. The summed E-state index contributed by atoms with van der Waals surface area (Å²) >= 11 is 12.0. The highest BCUT2D eigenvalue weighted by atomic mass is 35.5. The molecule has 3 heterocycles. The number of fused-ring (bicyclic) bond motifs is 1. The standard InChI is InChI=1S/C15H16ClN5OS/c1-3-15(4-2)20-13(22)12-9(16)7-10(14(23)21(12)15)19-11-5-6-17-8-18-11/h5-8H,3-4H2,1-2H3,(H,20,22)(H,17,18,19). The first kappa shape index (κ1) is 15.9. The van der Waals surface area contributed by atoms with Crippen molar-refractivity contribution >= 4 is 41.2 Å². The molecule has 0 atom stereocenters. The SMILES string of the molecule is CCC1(CC)NC(=O)c2c(Cl)cc(Nc3ccncn3)c(=S)n21. The number of pyridine rings is 1. The summed E-state index contributed by atoms with van der Waals surface area (Å²) in [5, 5.41) is 6.53. The molecule has 0 spiro atoms. The predicted octanol–water partition coefficient (Wildman–Crippen LogP) is 3.62. The maximum atomic E-state index is 12.3. The van der Waals surface area contributed by atoms with E-state index < -0.39 is 5.66 Å². The first-order chi connectivity index (χ1) is 11.0.